The van der Waals surface area contributed by atoms with E-state index in [1.807, 2.05) is 32.2 Å². The Kier molecular flexibility index (Phi) is 4.96. The van der Waals surface area contributed by atoms with E-state index < -0.39 is 16.8 Å². The van der Waals surface area contributed by atoms with Crippen LogP contribution in [0.5, 0.6) is 0 Å². The summed E-state index contributed by atoms with van der Waals surface area (Å²) in [5.74, 6) is -0.122. The van der Waals surface area contributed by atoms with E-state index in [1.54, 1.807) is 18.0 Å². The number of aryl methyl sites for hydroxylation is 1. The van der Waals surface area contributed by atoms with Crippen LogP contribution < -0.4 is 5.73 Å². The third-order valence-electron chi connectivity index (χ3n) is 2.60. The molecular weight excluding hydrogens is 236 g/mol. The first-order valence-corrected chi connectivity index (χ1v) is 6.43. The molecule has 0 amide bonds. The minimum atomic E-state index is -0.955. The standard InChI is InChI=1S/C12H18N2O2S/c1-12(2,10(13)11(15)16)17-7-5-9-4-3-6-14-8-9/h3-4,6,8,10H,5,7,13H2,1-2H3,(H,15,16)/t10-/m0/s1. The van der Waals surface area contributed by atoms with Gasteiger partial charge in [-0.05, 0) is 37.7 Å². The molecule has 17 heavy (non-hydrogen) atoms. The number of pyridine rings is 1. The van der Waals surface area contributed by atoms with E-state index in [2.05, 4.69) is 4.98 Å². The van der Waals surface area contributed by atoms with Gasteiger partial charge in [0.05, 0.1) is 0 Å². The summed E-state index contributed by atoms with van der Waals surface area (Å²) in [7, 11) is 0. The molecule has 0 spiro atoms. The van der Waals surface area contributed by atoms with Crippen LogP contribution in [0.4, 0.5) is 0 Å². The van der Waals surface area contributed by atoms with Gasteiger partial charge in [-0.25, -0.2) is 0 Å². The maximum absolute atomic E-state index is 10.8. The molecule has 1 heterocycles. The molecule has 0 saturated heterocycles. The molecule has 94 valence electrons. The molecule has 5 heteroatoms. The number of carboxylic acid groups (broad SMARTS) is 1. The second-order valence-electron chi connectivity index (χ2n) is 4.38. The Morgan fingerprint density at radius 3 is 2.88 bits per heavy atom. The molecule has 1 aromatic rings. The minimum Gasteiger partial charge on any atom is -0.480 e. The Labute approximate surface area is 106 Å². The van der Waals surface area contributed by atoms with E-state index in [4.69, 9.17) is 10.8 Å². The number of hydrogen-bond acceptors (Lipinski definition) is 4. The Morgan fingerprint density at radius 2 is 2.35 bits per heavy atom. The quantitative estimate of drug-likeness (QED) is 0.805. The molecule has 1 atom stereocenters. The van der Waals surface area contributed by atoms with Gasteiger partial charge in [-0.1, -0.05) is 6.07 Å². The largest absolute Gasteiger partial charge is 0.480 e. The van der Waals surface area contributed by atoms with Gasteiger partial charge in [0.2, 0.25) is 0 Å². The number of hydrogen-bond donors (Lipinski definition) is 2. The van der Waals surface area contributed by atoms with Crippen molar-refractivity contribution in [2.45, 2.75) is 31.1 Å². The Bertz CT molecular complexity index is 368. The second-order valence-corrected chi connectivity index (χ2v) is 6.13. The van der Waals surface area contributed by atoms with Crippen LogP contribution in [0.1, 0.15) is 19.4 Å². The number of carbonyl (C=O) groups is 1. The number of aromatic nitrogens is 1. The van der Waals surface area contributed by atoms with Crippen LogP contribution in [-0.4, -0.2) is 32.6 Å². The summed E-state index contributed by atoms with van der Waals surface area (Å²) in [6.07, 6.45) is 4.43. The first-order chi connectivity index (χ1) is 7.93. The van der Waals surface area contributed by atoms with Gasteiger partial charge in [0.1, 0.15) is 6.04 Å². The van der Waals surface area contributed by atoms with Crippen molar-refractivity contribution < 1.29 is 9.90 Å². The summed E-state index contributed by atoms with van der Waals surface area (Å²) in [5, 5.41) is 8.89. The summed E-state index contributed by atoms with van der Waals surface area (Å²) in [5.41, 5.74) is 6.79. The van der Waals surface area contributed by atoms with E-state index in [1.165, 1.54) is 0 Å². The van der Waals surface area contributed by atoms with Gasteiger partial charge in [0.15, 0.2) is 0 Å². The van der Waals surface area contributed by atoms with Crippen molar-refractivity contribution in [3.63, 3.8) is 0 Å². The molecule has 0 radical (unpaired) electrons. The number of carboxylic acids is 1. The molecule has 0 aliphatic heterocycles. The van der Waals surface area contributed by atoms with Crippen molar-refractivity contribution in [3.8, 4) is 0 Å². The highest BCUT2D eigenvalue weighted by Crippen LogP contribution is 2.28. The highest BCUT2D eigenvalue weighted by molar-refractivity contribution is 8.00. The predicted octanol–water partition coefficient (Wildman–Crippen LogP) is 1.55. The third-order valence-corrected chi connectivity index (χ3v) is 4.01. The third kappa shape index (κ3) is 4.36. The monoisotopic (exact) mass is 254 g/mol. The van der Waals surface area contributed by atoms with Crippen molar-refractivity contribution in [2.75, 3.05) is 5.75 Å². The fraction of sp³-hybridized carbons (Fsp3) is 0.500. The minimum absolute atomic E-state index is 0.464. The molecule has 0 fully saturated rings. The number of thioether (sulfide) groups is 1. The van der Waals surface area contributed by atoms with Crippen LogP contribution in [-0.2, 0) is 11.2 Å². The van der Waals surface area contributed by atoms with Gasteiger partial charge in [-0.15, -0.1) is 0 Å². The van der Waals surface area contributed by atoms with Gasteiger partial charge in [0.25, 0.3) is 0 Å². The summed E-state index contributed by atoms with van der Waals surface area (Å²) < 4.78 is -0.464. The van der Waals surface area contributed by atoms with Gasteiger partial charge in [-0.2, -0.15) is 11.8 Å². The fourth-order valence-electron chi connectivity index (χ4n) is 1.37. The Hall–Kier alpha value is -1.07. The SMILES string of the molecule is CC(C)(SCCc1cccnc1)[C@@H](N)C(=O)O. The Balaban J connectivity index is 2.43. The topological polar surface area (TPSA) is 76.2 Å². The van der Waals surface area contributed by atoms with Crippen molar-refractivity contribution in [2.24, 2.45) is 5.73 Å². The lowest BCUT2D eigenvalue weighted by Gasteiger charge is -2.27. The Morgan fingerprint density at radius 1 is 1.65 bits per heavy atom. The number of rotatable bonds is 6. The van der Waals surface area contributed by atoms with Crippen LogP contribution in [0, 0.1) is 0 Å². The smallest absolute Gasteiger partial charge is 0.321 e. The molecule has 0 saturated carbocycles. The van der Waals surface area contributed by atoms with Crippen LogP contribution in [0.3, 0.4) is 0 Å². The van der Waals surface area contributed by atoms with Gasteiger partial charge in [0, 0.05) is 17.1 Å². The van der Waals surface area contributed by atoms with E-state index in [-0.39, 0.29) is 0 Å². The molecule has 0 aromatic carbocycles. The average Bonchev–Trinajstić information content (AvgIpc) is 2.29. The van der Waals surface area contributed by atoms with Crippen molar-refractivity contribution in [1.82, 2.24) is 4.98 Å². The number of aliphatic carboxylic acids is 1. The zero-order valence-electron chi connectivity index (χ0n) is 10.1. The first-order valence-electron chi connectivity index (χ1n) is 5.45. The van der Waals surface area contributed by atoms with Crippen molar-refractivity contribution in [1.29, 1.82) is 0 Å². The van der Waals surface area contributed by atoms with Gasteiger partial charge >= 0.3 is 5.97 Å². The molecule has 3 N–H and O–H groups in total. The van der Waals surface area contributed by atoms with Crippen LogP contribution in [0.25, 0.3) is 0 Å². The van der Waals surface area contributed by atoms with Gasteiger partial charge < -0.3 is 10.8 Å². The molecule has 4 nitrogen and oxygen atoms in total. The molecular formula is C12H18N2O2S. The number of nitrogens with two attached hydrogens (primary N) is 1. The van der Waals surface area contributed by atoms with E-state index in [0.29, 0.717) is 0 Å². The zero-order chi connectivity index (χ0) is 12.9. The lowest BCUT2D eigenvalue weighted by molar-refractivity contribution is -0.139. The summed E-state index contributed by atoms with van der Waals surface area (Å²) >= 11 is 1.58. The average molecular weight is 254 g/mol. The van der Waals surface area contributed by atoms with Crippen molar-refractivity contribution >= 4 is 17.7 Å². The second kappa shape index (κ2) is 6.02. The normalized spacial score (nSPS) is 13.4. The lowest BCUT2D eigenvalue weighted by Crippen LogP contribution is -2.46. The molecule has 1 aromatic heterocycles. The van der Waals surface area contributed by atoms with Crippen LogP contribution in [0.15, 0.2) is 24.5 Å². The maximum atomic E-state index is 10.8. The lowest BCUT2D eigenvalue weighted by atomic mass is 10.1. The molecule has 0 unspecified atom stereocenters. The van der Waals surface area contributed by atoms with Gasteiger partial charge in [-0.3, -0.25) is 9.78 Å². The summed E-state index contributed by atoms with van der Waals surface area (Å²) in [6.45, 7) is 3.72. The predicted molar refractivity (Wildman–Crippen MR) is 70.1 cm³/mol. The maximum Gasteiger partial charge on any atom is 0.321 e. The van der Waals surface area contributed by atoms with Crippen LogP contribution in [0.2, 0.25) is 0 Å². The molecule has 0 aliphatic carbocycles. The zero-order valence-corrected chi connectivity index (χ0v) is 10.9. The van der Waals surface area contributed by atoms with Crippen LogP contribution >= 0.6 is 11.8 Å². The van der Waals surface area contributed by atoms with Crippen molar-refractivity contribution in [3.05, 3.63) is 30.1 Å². The molecule has 0 bridgehead atoms. The summed E-state index contributed by atoms with van der Waals surface area (Å²) in [6, 6.07) is 3.06. The molecule has 1 rings (SSSR count). The summed E-state index contributed by atoms with van der Waals surface area (Å²) in [4.78, 5) is 14.9. The highest BCUT2D eigenvalue weighted by atomic mass is 32.2. The first kappa shape index (κ1) is 14.0. The number of nitrogens with zero attached hydrogens (tertiary/aromatic N) is 1. The van der Waals surface area contributed by atoms with E-state index in [0.717, 1.165) is 17.7 Å². The van der Waals surface area contributed by atoms with E-state index >= 15 is 0 Å². The highest BCUT2D eigenvalue weighted by Gasteiger charge is 2.32. The molecule has 0 aliphatic rings. The fourth-order valence-corrected chi connectivity index (χ4v) is 2.51. The van der Waals surface area contributed by atoms with E-state index in [9.17, 15) is 4.79 Å².